The summed E-state index contributed by atoms with van der Waals surface area (Å²) in [6.45, 7) is 1.00. The van der Waals surface area contributed by atoms with Crippen LogP contribution in [0, 0.1) is 5.92 Å². The van der Waals surface area contributed by atoms with Gasteiger partial charge in [0.05, 0.1) is 13.0 Å². The van der Waals surface area contributed by atoms with Gasteiger partial charge in [0.2, 0.25) is 5.91 Å². The second-order valence-corrected chi connectivity index (χ2v) is 8.19. The first kappa shape index (κ1) is 22.4. The molecule has 3 aromatic rings. The molecular formula is C25H29N5O3. The third-order valence-electron chi connectivity index (χ3n) is 5.96. The van der Waals surface area contributed by atoms with Crippen LogP contribution in [0.3, 0.4) is 0 Å². The lowest BCUT2D eigenvalue weighted by atomic mass is 9.96. The van der Waals surface area contributed by atoms with Gasteiger partial charge < -0.3 is 24.8 Å². The SMILES string of the molecule is COc1ccc([C@H](NC(=O)[C@@H]2CCCN(C(=O)Nc3ccccc3)C2)c2nccn2C)cc1. The Morgan fingerprint density at radius 1 is 1.12 bits per heavy atom. The predicted octanol–water partition coefficient (Wildman–Crippen LogP) is 3.58. The number of hydrogen-bond donors (Lipinski definition) is 2. The highest BCUT2D eigenvalue weighted by Gasteiger charge is 2.31. The van der Waals surface area contributed by atoms with Crippen LogP contribution < -0.4 is 15.4 Å². The lowest BCUT2D eigenvalue weighted by Gasteiger charge is -2.33. The van der Waals surface area contributed by atoms with Gasteiger partial charge in [-0.2, -0.15) is 0 Å². The van der Waals surface area contributed by atoms with Gasteiger partial charge in [-0.05, 0) is 42.7 Å². The fraction of sp³-hybridized carbons (Fsp3) is 0.320. The van der Waals surface area contributed by atoms with Crippen molar-refractivity contribution in [1.82, 2.24) is 19.8 Å². The molecule has 1 aromatic heterocycles. The molecule has 1 aliphatic heterocycles. The zero-order valence-corrected chi connectivity index (χ0v) is 18.9. The van der Waals surface area contributed by atoms with Crippen molar-refractivity contribution in [2.75, 3.05) is 25.5 Å². The molecule has 8 nitrogen and oxygen atoms in total. The molecule has 2 heterocycles. The third kappa shape index (κ3) is 5.34. The number of nitrogens with one attached hydrogen (secondary N) is 2. The van der Waals surface area contributed by atoms with Crippen LogP contribution in [0.1, 0.15) is 30.3 Å². The quantitative estimate of drug-likeness (QED) is 0.605. The average molecular weight is 448 g/mol. The monoisotopic (exact) mass is 447 g/mol. The second kappa shape index (κ2) is 10.2. The Morgan fingerprint density at radius 2 is 1.88 bits per heavy atom. The average Bonchev–Trinajstić information content (AvgIpc) is 3.28. The van der Waals surface area contributed by atoms with Crippen LogP contribution in [0.5, 0.6) is 5.75 Å². The van der Waals surface area contributed by atoms with E-state index in [2.05, 4.69) is 15.6 Å². The van der Waals surface area contributed by atoms with Gasteiger partial charge >= 0.3 is 6.03 Å². The van der Waals surface area contributed by atoms with Crippen LogP contribution in [0.2, 0.25) is 0 Å². The van der Waals surface area contributed by atoms with E-state index in [1.807, 2.05) is 72.4 Å². The molecule has 0 spiro atoms. The number of hydrogen-bond acceptors (Lipinski definition) is 4. The molecule has 0 aliphatic carbocycles. The molecule has 3 amide bonds. The molecule has 33 heavy (non-hydrogen) atoms. The number of amides is 3. The topological polar surface area (TPSA) is 88.5 Å². The number of rotatable bonds is 6. The van der Waals surface area contributed by atoms with Crippen molar-refractivity contribution in [2.24, 2.45) is 13.0 Å². The Morgan fingerprint density at radius 3 is 2.55 bits per heavy atom. The minimum Gasteiger partial charge on any atom is -0.497 e. The van der Waals surface area contributed by atoms with Gasteiger partial charge in [0, 0.05) is 38.2 Å². The van der Waals surface area contributed by atoms with Crippen molar-refractivity contribution in [1.29, 1.82) is 0 Å². The van der Waals surface area contributed by atoms with Gasteiger partial charge in [-0.1, -0.05) is 30.3 Å². The molecule has 1 aliphatic rings. The number of benzene rings is 2. The fourth-order valence-electron chi connectivity index (χ4n) is 4.11. The smallest absolute Gasteiger partial charge is 0.321 e. The Hall–Kier alpha value is -3.81. The largest absolute Gasteiger partial charge is 0.497 e. The molecular weight excluding hydrogens is 418 g/mol. The number of ether oxygens (including phenoxy) is 1. The van der Waals surface area contributed by atoms with Crippen LogP contribution in [0.25, 0.3) is 0 Å². The van der Waals surface area contributed by atoms with Gasteiger partial charge in [-0.15, -0.1) is 0 Å². The van der Waals surface area contributed by atoms with E-state index in [0.717, 1.165) is 35.7 Å². The van der Waals surface area contributed by atoms with E-state index in [1.165, 1.54) is 0 Å². The van der Waals surface area contributed by atoms with Crippen LogP contribution in [0.4, 0.5) is 10.5 Å². The first-order valence-electron chi connectivity index (χ1n) is 11.1. The predicted molar refractivity (Wildman–Crippen MR) is 126 cm³/mol. The van der Waals surface area contributed by atoms with Crippen molar-refractivity contribution >= 4 is 17.6 Å². The zero-order valence-electron chi connectivity index (χ0n) is 18.9. The van der Waals surface area contributed by atoms with Crippen LogP contribution >= 0.6 is 0 Å². The van der Waals surface area contributed by atoms with E-state index >= 15 is 0 Å². The molecule has 2 N–H and O–H groups in total. The normalized spacial score (nSPS) is 16.7. The Labute approximate surface area is 193 Å². The van der Waals surface area contributed by atoms with Crippen LogP contribution in [0.15, 0.2) is 67.0 Å². The minimum absolute atomic E-state index is 0.0870. The summed E-state index contributed by atoms with van der Waals surface area (Å²) in [4.78, 5) is 32.2. The van der Waals surface area contributed by atoms with Gasteiger partial charge in [-0.25, -0.2) is 9.78 Å². The number of piperidine rings is 1. The molecule has 0 radical (unpaired) electrons. The van der Waals surface area contributed by atoms with Crippen LogP contribution in [-0.2, 0) is 11.8 Å². The number of likely N-dealkylation sites (tertiary alicyclic amines) is 1. The van der Waals surface area contributed by atoms with Gasteiger partial charge in [0.25, 0.3) is 0 Å². The van der Waals surface area contributed by atoms with Gasteiger partial charge in [0.15, 0.2) is 0 Å². The Balaban J connectivity index is 1.46. The third-order valence-corrected chi connectivity index (χ3v) is 5.96. The first-order chi connectivity index (χ1) is 16.0. The zero-order chi connectivity index (χ0) is 23.2. The molecule has 1 fully saturated rings. The number of imidazole rings is 1. The molecule has 172 valence electrons. The van der Waals surface area contributed by atoms with E-state index < -0.39 is 6.04 Å². The molecule has 0 saturated carbocycles. The molecule has 1 saturated heterocycles. The number of aryl methyl sites for hydroxylation is 1. The van der Waals surface area contributed by atoms with Crippen molar-refractivity contribution in [3.05, 3.63) is 78.4 Å². The molecule has 2 aromatic carbocycles. The summed E-state index contributed by atoms with van der Waals surface area (Å²) in [6.07, 6.45) is 5.08. The maximum Gasteiger partial charge on any atom is 0.321 e. The summed E-state index contributed by atoms with van der Waals surface area (Å²) in [5.74, 6) is 1.11. The summed E-state index contributed by atoms with van der Waals surface area (Å²) in [7, 11) is 3.52. The first-order valence-corrected chi connectivity index (χ1v) is 11.1. The van der Waals surface area contributed by atoms with E-state index in [0.29, 0.717) is 13.1 Å². The fourth-order valence-corrected chi connectivity index (χ4v) is 4.11. The van der Waals surface area contributed by atoms with Gasteiger partial charge in [0.1, 0.15) is 17.6 Å². The molecule has 2 atom stereocenters. The van der Waals surface area contributed by atoms with Crippen LogP contribution in [-0.4, -0.2) is 46.6 Å². The Bertz CT molecular complexity index is 1080. The summed E-state index contributed by atoms with van der Waals surface area (Å²) in [5.41, 5.74) is 1.65. The summed E-state index contributed by atoms with van der Waals surface area (Å²) < 4.78 is 7.16. The number of methoxy groups -OCH3 is 1. The minimum atomic E-state index is -0.406. The number of nitrogens with zero attached hydrogens (tertiary/aromatic N) is 3. The number of carbonyl (C=O) groups excluding carboxylic acids is 2. The van der Waals surface area contributed by atoms with E-state index in [4.69, 9.17) is 4.74 Å². The molecule has 8 heteroatoms. The summed E-state index contributed by atoms with van der Waals surface area (Å²) in [6, 6.07) is 16.3. The molecule has 0 unspecified atom stereocenters. The summed E-state index contributed by atoms with van der Waals surface area (Å²) in [5, 5.41) is 6.08. The maximum atomic E-state index is 13.3. The van der Waals surface area contributed by atoms with Crippen molar-refractivity contribution in [3.63, 3.8) is 0 Å². The van der Waals surface area contributed by atoms with Crippen molar-refractivity contribution < 1.29 is 14.3 Å². The van der Waals surface area contributed by atoms with E-state index in [9.17, 15) is 9.59 Å². The number of urea groups is 1. The van der Waals surface area contributed by atoms with E-state index in [-0.39, 0.29) is 17.9 Å². The van der Waals surface area contributed by atoms with E-state index in [1.54, 1.807) is 18.2 Å². The highest BCUT2D eigenvalue weighted by molar-refractivity contribution is 5.90. The Kier molecular flexibility index (Phi) is 6.92. The highest BCUT2D eigenvalue weighted by atomic mass is 16.5. The summed E-state index contributed by atoms with van der Waals surface area (Å²) >= 11 is 0. The lowest BCUT2D eigenvalue weighted by molar-refractivity contribution is -0.126. The highest BCUT2D eigenvalue weighted by Crippen LogP contribution is 2.25. The lowest BCUT2D eigenvalue weighted by Crippen LogP contribution is -2.47. The number of aromatic nitrogens is 2. The number of para-hydroxylation sites is 1. The van der Waals surface area contributed by atoms with Crippen molar-refractivity contribution in [2.45, 2.75) is 18.9 Å². The number of carbonyl (C=O) groups is 2. The number of anilines is 1. The van der Waals surface area contributed by atoms with Crippen molar-refractivity contribution in [3.8, 4) is 5.75 Å². The second-order valence-electron chi connectivity index (χ2n) is 8.19. The van der Waals surface area contributed by atoms with Gasteiger partial charge in [-0.3, -0.25) is 4.79 Å². The standard InChI is InChI=1S/C25H29N5O3/c1-29-16-14-26-23(29)22(18-10-12-21(33-2)13-11-18)28-24(31)19-7-6-15-30(17-19)25(32)27-20-8-4-3-5-9-20/h3-5,8-14,16,19,22H,6-7,15,17H2,1-2H3,(H,27,32)(H,28,31)/t19-,22+/m1/s1. The maximum absolute atomic E-state index is 13.3. The molecule has 0 bridgehead atoms. The molecule has 4 rings (SSSR count).